The van der Waals surface area contributed by atoms with Gasteiger partial charge in [0.05, 0.1) is 12.0 Å². The lowest BCUT2D eigenvalue weighted by Gasteiger charge is -2.16. The van der Waals surface area contributed by atoms with Gasteiger partial charge in [-0.05, 0) is 38.1 Å². The fourth-order valence-corrected chi connectivity index (χ4v) is 2.95. The molecule has 122 valence electrons. The quantitative estimate of drug-likeness (QED) is 0.866. The molecule has 1 N–H and O–H groups in total. The van der Waals surface area contributed by atoms with Gasteiger partial charge < -0.3 is 14.6 Å². The van der Waals surface area contributed by atoms with E-state index in [1.165, 1.54) is 4.90 Å². The molecule has 0 spiro atoms. The minimum atomic E-state index is -0.913. The van der Waals surface area contributed by atoms with Gasteiger partial charge in [-0.1, -0.05) is 22.0 Å². The molecule has 0 fully saturated rings. The molecule has 2 aromatic rings. The fourth-order valence-electron chi connectivity index (χ4n) is 2.56. The molecular formula is C17H19BrN2O3. The van der Waals surface area contributed by atoms with E-state index >= 15 is 0 Å². The smallest absolute Gasteiger partial charge is 0.305 e. The second-order valence-corrected chi connectivity index (χ2v) is 6.39. The Morgan fingerprint density at radius 3 is 2.57 bits per heavy atom. The third-order valence-corrected chi connectivity index (χ3v) is 4.23. The van der Waals surface area contributed by atoms with Crippen LogP contribution >= 0.6 is 15.9 Å². The molecule has 1 aromatic carbocycles. The van der Waals surface area contributed by atoms with Gasteiger partial charge in [-0.15, -0.1) is 0 Å². The minimum Gasteiger partial charge on any atom is -0.481 e. The van der Waals surface area contributed by atoms with Crippen LogP contribution in [0, 0.1) is 13.8 Å². The molecule has 0 aliphatic heterocycles. The first-order valence-corrected chi connectivity index (χ1v) is 8.02. The summed E-state index contributed by atoms with van der Waals surface area (Å²) in [4.78, 5) is 24.7. The molecule has 0 bridgehead atoms. The van der Waals surface area contributed by atoms with Crippen LogP contribution in [0.15, 0.2) is 34.8 Å². The number of carboxylic acid groups (broad SMARTS) is 1. The van der Waals surface area contributed by atoms with E-state index in [0.717, 1.165) is 21.5 Å². The Labute approximate surface area is 143 Å². The SMILES string of the molecule is Cc1cc(C(=O)N(C)CCC(=O)O)c(C)n1-c1cccc(Br)c1. The first kappa shape index (κ1) is 17.3. The lowest BCUT2D eigenvalue weighted by atomic mass is 10.2. The Morgan fingerprint density at radius 1 is 1.26 bits per heavy atom. The van der Waals surface area contributed by atoms with Crippen molar-refractivity contribution in [2.75, 3.05) is 13.6 Å². The van der Waals surface area contributed by atoms with Crippen LogP contribution in [0.2, 0.25) is 0 Å². The van der Waals surface area contributed by atoms with Gasteiger partial charge in [0.1, 0.15) is 0 Å². The maximum atomic E-state index is 12.6. The predicted octanol–water partition coefficient (Wildman–Crippen LogP) is 3.40. The van der Waals surface area contributed by atoms with Crippen LogP contribution in [0.4, 0.5) is 0 Å². The van der Waals surface area contributed by atoms with Gasteiger partial charge in [0, 0.05) is 35.1 Å². The molecule has 0 radical (unpaired) electrons. The average molecular weight is 379 g/mol. The maximum Gasteiger partial charge on any atom is 0.305 e. The maximum absolute atomic E-state index is 12.6. The normalized spacial score (nSPS) is 10.6. The molecule has 0 aliphatic rings. The number of carbonyl (C=O) groups is 2. The number of halogens is 1. The van der Waals surface area contributed by atoms with Gasteiger partial charge in [0.15, 0.2) is 0 Å². The van der Waals surface area contributed by atoms with Crippen LogP contribution in [0.1, 0.15) is 28.2 Å². The van der Waals surface area contributed by atoms with Gasteiger partial charge in [0.25, 0.3) is 5.91 Å². The summed E-state index contributed by atoms with van der Waals surface area (Å²) in [5, 5.41) is 8.75. The zero-order chi connectivity index (χ0) is 17.1. The third kappa shape index (κ3) is 3.82. The summed E-state index contributed by atoms with van der Waals surface area (Å²) in [7, 11) is 1.62. The number of aryl methyl sites for hydroxylation is 1. The lowest BCUT2D eigenvalue weighted by Crippen LogP contribution is -2.29. The van der Waals surface area contributed by atoms with Crippen LogP contribution in [0.3, 0.4) is 0 Å². The molecule has 23 heavy (non-hydrogen) atoms. The number of rotatable bonds is 5. The molecule has 0 atom stereocenters. The highest BCUT2D eigenvalue weighted by Gasteiger charge is 2.20. The summed E-state index contributed by atoms with van der Waals surface area (Å²) < 4.78 is 2.98. The standard InChI is InChI=1S/C17H19BrN2O3/c1-11-9-15(17(23)19(3)8-7-16(21)22)12(2)20(11)14-6-4-5-13(18)10-14/h4-6,9-10H,7-8H2,1-3H3,(H,21,22). The highest BCUT2D eigenvalue weighted by atomic mass is 79.9. The van der Waals surface area contributed by atoms with Crippen molar-refractivity contribution in [3.05, 3.63) is 51.8 Å². The summed E-state index contributed by atoms with van der Waals surface area (Å²) in [5.41, 5.74) is 3.36. The number of aliphatic carboxylic acids is 1. The molecule has 1 amide bonds. The van der Waals surface area contributed by atoms with Gasteiger partial charge in [-0.2, -0.15) is 0 Å². The van der Waals surface area contributed by atoms with E-state index in [2.05, 4.69) is 15.9 Å². The van der Waals surface area contributed by atoms with Crippen LogP contribution in [-0.4, -0.2) is 40.0 Å². The van der Waals surface area contributed by atoms with Crippen LogP contribution < -0.4 is 0 Å². The molecule has 0 unspecified atom stereocenters. The Hall–Kier alpha value is -2.08. The lowest BCUT2D eigenvalue weighted by molar-refractivity contribution is -0.137. The topological polar surface area (TPSA) is 62.5 Å². The summed E-state index contributed by atoms with van der Waals surface area (Å²) in [6.45, 7) is 4.03. The monoisotopic (exact) mass is 378 g/mol. The van der Waals surface area contributed by atoms with Crippen LogP contribution in [-0.2, 0) is 4.79 Å². The molecule has 0 aliphatic carbocycles. The van der Waals surface area contributed by atoms with Crippen molar-refractivity contribution < 1.29 is 14.7 Å². The third-order valence-electron chi connectivity index (χ3n) is 3.74. The Bertz CT molecular complexity index is 752. The number of carboxylic acids is 1. The zero-order valence-corrected chi connectivity index (χ0v) is 14.9. The van der Waals surface area contributed by atoms with Gasteiger partial charge in [0.2, 0.25) is 0 Å². The molecule has 1 aromatic heterocycles. The Morgan fingerprint density at radius 2 is 1.96 bits per heavy atom. The van der Waals surface area contributed by atoms with Crippen molar-refractivity contribution in [3.63, 3.8) is 0 Å². The number of hydrogen-bond donors (Lipinski definition) is 1. The number of amides is 1. The summed E-state index contributed by atoms with van der Waals surface area (Å²) in [6, 6.07) is 9.70. The predicted molar refractivity (Wildman–Crippen MR) is 92.2 cm³/mol. The number of hydrogen-bond acceptors (Lipinski definition) is 2. The summed E-state index contributed by atoms with van der Waals surface area (Å²) in [6.07, 6.45) is -0.0629. The van der Waals surface area contributed by atoms with E-state index in [1.807, 2.05) is 48.7 Å². The van der Waals surface area contributed by atoms with E-state index in [-0.39, 0.29) is 18.9 Å². The van der Waals surface area contributed by atoms with Gasteiger partial charge in [-0.25, -0.2) is 0 Å². The number of benzene rings is 1. The molecule has 6 heteroatoms. The highest BCUT2D eigenvalue weighted by molar-refractivity contribution is 9.10. The van der Waals surface area contributed by atoms with Crippen molar-refractivity contribution in [1.29, 1.82) is 0 Å². The molecule has 2 rings (SSSR count). The molecule has 0 saturated carbocycles. The summed E-state index contributed by atoms with van der Waals surface area (Å²) >= 11 is 3.46. The first-order chi connectivity index (χ1) is 10.8. The number of carbonyl (C=O) groups excluding carboxylic acids is 1. The van der Waals surface area contributed by atoms with Gasteiger partial charge >= 0.3 is 5.97 Å². The average Bonchev–Trinajstić information content (AvgIpc) is 2.78. The highest BCUT2D eigenvalue weighted by Crippen LogP contribution is 2.24. The van der Waals surface area contributed by atoms with E-state index in [0.29, 0.717) is 5.56 Å². The van der Waals surface area contributed by atoms with Crippen molar-refractivity contribution in [2.24, 2.45) is 0 Å². The van der Waals surface area contributed by atoms with E-state index in [9.17, 15) is 9.59 Å². The van der Waals surface area contributed by atoms with Crippen molar-refractivity contribution in [3.8, 4) is 5.69 Å². The fraction of sp³-hybridized carbons (Fsp3) is 0.294. The van der Waals surface area contributed by atoms with Gasteiger partial charge in [-0.3, -0.25) is 9.59 Å². The van der Waals surface area contributed by atoms with E-state index in [1.54, 1.807) is 7.05 Å². The zero-order valence-electron chi connectivity index (χ0n) is 13.3. The van der Waals surface area contributed by atoms with E-state index in [4.69, 9.17) is 5.11 Å². The minimum absolute atomic E-state index is 0.0629. The van der Waals surface area contributed by atoms with Crippen LogP contribution in [0.25, 0.3) is 5.69 Å². The first-order valence-electron chi connectivity index (χ1n) is 7.23. The second kappa shape index (κ2) is 7.00. The Kier molecular flexibility index (Phi) is 5.26. The van der Waals surface area contributed by atoms with E-state index < -0.39 is 5.97 Å². The number of aromatic nitrogens is 1. The number of nitrogens with zero attached hydrogens (tertiary/aromatic N) is 2. The van der Waals surface area contributed by atoms with Crippen molar-refractivity contribution >= 4 is 27.8 Å². The molecule has 1 heterocycles. The second-order valence-electron chi connectivity index (χ2n) is 5.47. The molecular weight excluding hydrogens is 360 g/mol. The summed E-state index contributed by atoms with van der Waals surface area (Å²) in [5.74, 6) is -1.08. The molecule has 5 nitrogen and oxygen atoms in total. The van der Waals surface area contributed by atoms with Crippen LogP contribution in [0.5, 0.6) is 0 Å². The Balaban J connectivity index is 2.34. The molecule has 0 saturated heterocycles. The largest absolute Gasteiger partial charge is 0.481 e. The van der Waals surface area contributed by atoms with Crippen molar-refractivity contribution in [2.45, 2.75) is 20.3 Å². The van der Waals surface area contributed by atoms with Crippen molar-refractivity contribution in [1.82, 2.24) is 9.47 Å².